The van der Waals surface area contributed by atoms with Crippen LogP contribution < -0.4 is 5.73 Å². The molecular formula is C23H38Cl2N6O. The van der Waals surface area contributed by atoms with Gasteiger partial charge in [-0.3, -0.25) is 9.69 Å². The van der Waals surface area contributed by atoms with Crippen molar-refractivity contribution in [3.8, 4) is 0 Å². The van der Waals surface area contributed by atoms with E-state index in [2.05, 4.69) is 20.1 Å². The zero-order valence-corrected chi connectivity index (χ0v) is 20.5. The van der Waals surface area contributed by atoms with Gasteiger partial charge in [0.05, 0.1) is 12.2 Å². The van der Waals surface area contributed by atoms with Crippen molar-refractivity contribution in [2.45, 2.75) is 88.4 Å². The molecule has 180 valence electrons. The smallest absolute Gasteiger partial charge is 0.276 e. The van der Waals surface area contributed by atoms with Gasteiger partial charge in [0.1, 0.15) is 0 Å². The van der Waals surface area contributed by atoms with Gasteiger partial charge in [0, 0.05) is 37.8 Å². The van der Waals surface area contributed by atoms with Crippen LogP contribution in [0.2, 0.25) is 0 Å². The number of aromatic nitrogens is 3. The number of fused-ring (bicyclic) bond motifs is 4. The quantitative estimate of drug-likeness (QED) is 0.711. The van der Waals surface area contributed by atoms with E-state index in [4.69, 9.17) is 5.73 Å². The lowest BCUT2D eigenvalue weighted by molar-refractivity contribution is -0.0551. The molecule has 0 radical (unpaired) electrons. The highest BCUT2D eigenvalue weighted by molar-refractivity contribution is 5.92. The van der Waals surface area contributed by atoms with Crippen molar-refractivity contribution >= 4 is 30.7 Å². The first-order chi connectivity index (χ1) is 14.7. The Morgan fingerprint density at radius 2 is 1.62 bits per heavy atom. The lowest BCUT2D eigenvalue weighted by atomic mass is 9.74. The number of hydrogen-bond donors (Lipinski definition) is 1. The molecule has 5 fully saturated rings. The number of carbonyl (C=O) groups excluding carboxylic acids is 1. The van der Waals surface area contributed by atoms with E-state index in [1.165, 1.54) is 45.1 Å². The van der Waals surface area contributed by atoms with Gasteiger partial charge in [-0.25, -0.2) is 4.68 Å². The second-order valence-corrected chi connectivity index (χ2v) is 10.8. The van der Waals surface area contributed by atoms with Crippen LogP contribution in [0.25, 0.3) is 0 Å². The van der Waals surface area contributed by atoms with Gasteiger partial charge in [0.2, 0.25) is 0 Å². The molecule has 5 aliphatic rings. The normalized spacial score (nSPS) is 37.1. The molecule has 32 heavy (non-hydrogen) atoms. The molecule has 6 rings (SSSR count). The van der Waals surface area contributed by atoms with Crippen molar-refractivity contribution < 1.29 is 4.79 Å². The van der Waals surface area contributed by atoms with Crippen LogP contribution in [0.15, 0.2) is 6.20 Å². The molecule has 4 atom stereocenters. The van der Waals surface area contributed by atoms with E-state index in [-0.39, 0.29) is 30.7 Å². The number of nitrogens with two attached hydrogens (primary N) is 1. The fourth-order valence-electron chi connectivity index (χ4n) is 7.08. The van der Waals surface area contributed by atoms with Crippen LogP contribution in [0, 0.1) is 17.8 Å². The maximum Gasteiger partial charge on any atom is 0.276 e. The minimum atomic E-state index is 0. The first-order valence-corrected chi connectivity index (χ1v) is 12.4. The molecule has 2 bridgehead atoms. The molecule has 0 unspecified atom stereocenters. The van der Waals surface area contributed by atoms with Crippen molar-refractivity contribution in [2.24, 2.45) is 23.5 Å². The summed E-state index contributed by atoms with van der Waals surface area (Å²) in [4.78, 5) is 18.3. The van der Waals surface area contributed by atoms with Gasteiger partial charge in [-0.2, -0.15) is 0 Å². The highest BCUT2D eigenvalue weighted by Crippen LogP contribution is 2.46. The zero-order chi connectivity index (χ0) is 20.2. The Hall–Kier alpha value is -0.890. The van der Waals surface area contributed by atoms with Gasteiger partial charge in [-0.05, 0) is 75.5 Å². The monoisotopic (exact) mass is 484 g/mol. The molecule has 3 aliphatic heterocycles. The Kier molecular flexibility index (Phi) is 7.40. The maximum absolute atomic E-state index is 13.3. The highest BCUT2D eigenvalue weighted by Gasteiger charge is 2.48. The second-order valence-electron chi connectivity index (χ2n) is 10.8. The third-order valence-electron chi connectivity index (χ3n) is 8.73. The van der Waals surface area contributed by atoms with E-state index in [9.17, 15) is 4.79 Å². The predicted octanol–water partition coefficient (Wildman–Crippen LogP) is 3.29. The van der Waals surface area contributed by atoms with Crippen LogP contribution in [0.5, 0.6) is 0 Å². The summed E-state index contributed by atoms with van der Waals surface area (Å²) in [5, 5.41) is 8.61. The summed E-state index contributed by atoms with van der Waals surface area (Å²) in [7, 11) is 0. The number of rotatable bonds is 3. The van der Waals surface area contributed by atoms with Crippen LogP contribution in [-0.4, -0.2) is 68.5 Å². The van der Waals surface area contributed by atoms with E-state index in [0.717, 1.165) is 50.7 Å². The van der Waals surface area contributed by atoms with Crippen LogP contribution in [0.3, 0.4) is 0 Å². The Morgan fingerprint density at radius 3 is 2.34 bits per heavy atom. The summed E-state index contributed by atoms with van der Waals surface area (Å²) in [6.07, 6.45) is 14.3. The van der Waals surface area contributed by atoms with Crippen LogP contribution in [0.4, 0.5) is 0 Å². The Labute approximate surface area is 203 Å². The lowest BCUT2D eigenvalue weighted by Crippen LogP contribution is -2.62. The van der Waals surface area contributed by atoms with Gasteiger partial charge in [-0.15, -0.1) is 29.9 Å². The van der Waals surface area contributed by atoms with Crippen LogP contribution in [-0.2, 0) is 0 Å². The Morgan fingerprint density at radius 1 is 0.906 bits per heavy atom. The number of likely N-dealkylation sites (tertiary alicyclic amines) is 1. The molecule has 3 saturated heterocycles. The lowest BCUT2D eigenvalue weighted by Gasteiger charge is -2.55. The van der Waals surface area contributed by atoms with Gasteiger partial charge in [0.25, 0.3) is 5.91 Å². The summed E-state index contributed by atoms with van der Waals surface area (Å²) in [5.41, 5.74) is 6.57. The Bertz CT molecular complexity index is 793. The second kappa shape index (κ2) is 9.77. The minimum Gasteiger partial charge on any atom is -0.337 e. The first kappa shape index (κ1) is 24.2. The molecule has 9 heteroatoms. The summed E-state index contributed by atoms with van der Waals surface area (Å²) in [6, 6.07) is 2.19. The minimum absolute atomic E-state index is 0. The van der Waals surface area contributed by atoms with Crippen LogP contribution in [0.1, 0.15) is 80.7 Å². The van der Waals surface area contributed by atoms with E-state index in [1.807, 2.05) is 10.9 Å². The van der Waals surface area contributed by atoms with Gasteiger partial charge >= 0.3 is 0 Å². The van der Waals surface area contributed by atoms with Crippen LogP contribution >= 0.6 is 24.8 Å². The topological polar surface area (TPSA) is 80.3 Å². The number of nitrogens with zero attached hydrogens (tertiary/aromatic N) is 5. The average molecular weight is 486 g/mol. The van der Waals surface area contributed by atoms with E-state index >= 15 is 0 Å². The molecule has 1 aromatic rings. The molecule has 4 heterocycles. The molecule has 2 N–H and O–H groups in total. The summed E-state index contributed by atoms with van der Waals surface area (Å²) in [6.45, 7) is 2.99. The molecular weight excluding hydrogens is 447 g/mol. The van der Waals surface area contributed by atoms with Crippen molar-refractivity contribution in [3.63, 3.8) is 0 Å². The highest BCUT2D eigenvalue weighted by atomic mass is 35.5. The summed E-state index contributed by atoms with van der Waals surface area (Å²) >= 11 is 0. The van der Waals surface area contributed by atoms with Gasteiger partial charge in [-0.1, -0.05) is 11.6 Å². The fraction of sp³-hybridized carbons (Fsp3) is 0.870. The fourth-order valence-corrected chi connectivity index (χ4v) is 7.08. The maximum atomic E-state index is 13.3. The zero-order valence-electron chi connectivity index (χ0n) is 18.8. The van der Waals surface area contributed by atoms with Gasteiger partial charge < -0.3 is 10.6 Å². The number of amides is 1. The number of hydrogen-bond acceptors (Lipinski definition) is 5. The third kappa shape index (κ3) is 4.55. The van der Waals surface area contributed by atoms with Gasteiger partial charge in [0.15, 0.2) is 5.69 Å². The van der Waals surface area contributed by atoms with Crippen molar-refractivity contribution in [2.75, 3.05) is 19.6 Å². The average Bonchev–Trinajstić information content (AvgIpc) is 3.49. The molecule has 1 aromatic heterocycles. The van der Waals surface area contributed by atoms with E-state index < -0.39 is 0 Å². The van der Waals surface area contributed by atoms with Crippen molar-refractivity contribution in [1.82, 2.24) is 24.8 Å². The number of carbonyl (C=O) groups is 1. The molecule has 2 saturated carbocycles. The first-order valence-electron chi connectivity index (χ1n) is 12.4. The van der Waals surface area contributed by atoms with E-state index in [1.54, 1.807) is 0 Å². The number of halogens is 2. The molecule has 1 amide bonds. The molecule has 0 spiro atoms. The standard InChI is InChI=1S/C23H36N6O.2ClH/c24-18-6-8-19(9-7-18)29-14-20(25-26-29)23(30)27-11-15-10-17(13-27)22-3-1-2-21(16-4-5-16)28(22)12-15;;/h14-19,21-22H,1-13,24H2;2*1H/t15-,17+,18?,19?,21+,22-;;/m0../s1. The van der Waals surface area contributed by atoms with Crippen molar-refractivity contribution in [1.29, 1.82) is 0 Å². The molecule has 2 aliphatic carbocycles. The third-order valence-corrected chi connectivity index (χ3v) is 8.73. The molecule has 0 aromatic carbocycles. The predicted molar refractivity (Wildman–Crippen MR) is 128 cm³/mol. The molecule has 7 nitrogen and oxygen atoms in total. The summed E-state index contributed by atoms with van der Waals surface area (Å²) in [5.74, 6) is 2.32. The largest absolute Gasteiger partial charge is 0.337 e. The SMILES string of the molecule is Cl.Cl.NC1CCC(n2cc(C(=O)N3C[C@@H]4C[C@H](C3)[C@@H]3CCC[C@H](C5CC5)N3C4)nn2)CC1. The van der Waals surface area contributed by atoms with Crippen molar-refractivity contribution in [3.05, 3.63) is 11.9 Å². The summed E-state index contributed by atoms with van der Waals surface area (Å²) < 4.78 is 1.92. The Balaban J connectivity index is 0.00000122. The number of piperidine rings is 3. The van der Waals surface area contributed by atoms with E-state index in [0.29, 0.717) is 35.7 Å².